The minimum absolute atomic E-state index is 1.02. The van der Waals surface area contributed by atoms with Crippen LogP contribution < -0.4 is 0 Å². The third-order valence-corrected chi connectivity index (χ3v) is 4.55. The van der Waals surface area contributed by atoms with Crippen molar-refractivity contribution in [2.75, 3.05) is 0 Å². The Morgan fingerprint density at radius 2 is 1.90 bits per heavy atom. The van der Waals surface area contributed by atoms with E-state index < -0.39 is 0 Å². The van der Waals surface area contributed by atoms with Gasteiger partial charge < -0.3 is 0 Å². The van der Waals surface area contributed by atoms with Gasteiger partial charge in [0.25, 0.3) is 0 Å². The molecule has 1 aromatic heterocycles. The maximum absolute atomic E-state index is 4.69. The van der Waals surface area contributed by atoms with E-state index in [2.05, 4.69) is 54.4 Å². The summed E-state index contributed by atoms with van der Waals surface area (Å²) in [6, 6.07) is 11.1. The first-order valence-electron chi connectivity index (χ1n) is 7.05. The number of nitrogens with zero attached hydrogens (tertiary/aromatic N) is 1. The summed E-state index contributed by atoms with van der Waals surface area (Å²) in [7, 11) is 0. The van der Waals surface area contributed by atoms with Gasteiger partial charge in [0.1, 0.15) is 0 Å². The maximum atomic E-state index is 4.69. The van der Waals surface area contributed by atoms with Crippen molar-refractivity contribution in [3.05, 3.63) is 59.3 Å². The van der Waals surface area contributed by atoms with Crippen LogP contribution in [0.25, 0.3) is 38.5 Å². The number of aromatic nitrogens is 1. The van der Waals surface area contributed by atoms with E-state index in [4.69, 9.17) is 0 Å². The summed E-state index contributed by atoms with van der Waals surface area (Å²) in [5.41, 5.74) is 5.26. The molecule has 0 spiro atoms. The first-order valence-corrected chi connectivity index (χ1v) is 7.05. The fraction of sp³-hybridized carbons (Fsp3) is 0.105. The summed E-state index contributed by atoms with van der Waals surface area (Å²) in [6.45, 7) is 2.19. The molecule has 0 unspecified atom stereocenters. The van der Waals surface area contributed by atoms with Crippen LogP contribution in [0.1, 0.15) is 16.7 Å². The molecule has 0 amide bonds. The van der Waals surface area contributed by atoms with E-state index in [9.17, 15) is 0 Å². The molecule has 1 heteroatoms. The van der Waals surface area contributed by atoms with E-state index in [1.807, 2.05) is 6.20 Å². The second-order valence-electron chi connectivity index (χ2n) is 5.72. The molecular weight excluding hydrogens is 242 g/mol. The van der Waals surface area contributed by atoms with Crippen molar-refractivity contribution in [1.29, 1.82) is 0 Å². The van der Waals surface area contributed by atoms with Gasteiger partial charge in [-0.1, -0.05) is 36.4 Å². The molecule has 94 valence electrons. The van der Waals surface area contributed by atoms with Crippen LogP contribution in [0.2, 0.25) is 0 Å². The summed E-state index contributed by atoms with van der Waals surface area (Å²) < 4.78 is 0. The lowest BCUT2D eigenvalue weighted by Crippen LogP contribution is -1.98. The van der Waals surface area contributed by atoms with Crippen molar-refractivity contribution in [2.24, 2.45) is 0 Å². The molecule has 0 fully saturated rings. The molecule has 1 heterocycles. The predicted octanol–water partition coefficient (Wildman–Crippen LogP) is 4.86. The van der Waals surface area contributed by atoms with Crippen LogP contribution in [-0.2, 0) is 6.42 Å². The molecule has 20 heavy (non-hydrogen) atoms. The number of aryl methyl sites for hydroxylation is 1. The van der Waals surface area contributed by atoms with Crippen molar-refractivity contribution >= 4 is 38.5 Å². The molecular formula is C19H13N. The third kappa shape index (κ3) is 1.11. The zero-order chi connectivity index (χ0) is 13.3. The highest BCUT2D eigenvalue weighted by molar-refractivity contribution is 6.24. The van der Waals surface area contributed by atoms with E-state index in [0.29, 0.717) is 0 Å². The quantitative estimate of drug-likeness (QED) is 0.409. The molecule has 0 N–H and O–H groups in total. The van der Waals surface area contributed by atoms with E-state index in [-0.39, 0.29) is 0 Å². The minimum atomic E-state index is 1.02. The van der Waals surface area contributed by atoms with Crippen LogP contribution in [0.3, 0.4) is 0 Å². The highest BCUT2D eigenvalue weighted by Crippen LogP contribution is 2.40. The first-order chi connectivity index (χ1) is 9.83. The van der Waals surface area contributed by atoms with Crippen LogP contribution in [0.4, 0.5) is 0 Å². The van der Waals surface area contributed by atoms with Gasteiger partial charge in [-0.05, 0) is 46.9 Å². The molecule has 1 aliphatic carbocycles. The van der Waals surface area contributed by atoms with Crippen molar-refractivity contribution < 1.29 is 0 Å². The van der Waals surface area contributed by atoms with Crippen LogP contribution in [0.5, 0.6) is 0 Å². The van der Waals surface area contributed by atoms with Gasteiger partial charge in [0.15, 0.2) is 0 Å². The Labute approximate surface area is 116 Å². The van der Waals surface area contributed by atoms with Crippen LogP contribution in [0.15, 0.2) is 42.6 Å². The second kappa shape index (κ2) is 3.37. The molecule has 4 aromatic rings. The monoisotopic (exact) mass is 255 g/mol. The lowest BCUT2D eigenvalue weighted by Gasteiger charge is -2.19. The van der Waals surface area contributed by atoms with E-state index >= 15 is 0 Å². The maximum Gasteiger partial charge on any atom is 0.0717 e. The molecule has 0 atom stereocenters. The van der Waals surface area contributed by atoms with E-state index in [0.717, 1.165) is 11.9 Å². The lowest BCUT2D eigenvalue weighted by atomic mass is 9.85. The largest absolute Gasteiger partial charge is 0.256 e. The molecule has 1 aliphatic rings. The third-order valence-electron chi connectivity index (χ3n) is 4.55. The van der Waals surface area contributed by atoms with Crippen LogP contribution >= 0.6 is 0 Å². The van der Waals surface area contributed by atoms with Gasteiger partial charge in [-0.15, -0.1) is 0 Å². The first kappa shape index (κ1) is 10.4. The Hall–Kier alpha value is -2.41. The SMILES string of the molecule is Cc1cc2ncc3cccc4cc5c(c1C=CC5)c2c34. The Morgan fingerprint density at radius 1 is 1.00 bits per heavy atom. The molecule has 0 aliphatic heterocycles. The number of rotatable bonds is 0. The molecule has 0 saturated carbocycles. The average molecular weight is 255 g/mol. The van der Waals surface area contributed by atoms with E-state index in [1.165, 1.54) is 43.6 Å². The minimum Gasteiger partial charge on any atom is -0.256 e. The second-order valence-corrected chi connectivity index (χ2v) is 5.72. The Balaban J connectivity index is 2.24. The predicted molar refractivity (Wildman–Crippen MR) is 85.4 cm³/mol. The van der Waals surface area contributed by atoms with Gasteiger partial charge in [0.05, 0.1) is 5.52 Å². The van der Waals surface area contributed by atoms with Crippen molar-refractivity contribution in [3.8, 4) is 0 Å². The fourth-order valence-corrected chi connectivity index (χ4v) is 3.69. The van der Waals surface area contributed by atoms with Gasteiger partial charge >= 0.3 is 0 Å². The average Bonchev–Trinajstić information content (AvgIpc) is 2.48. The highest BCUT2D eigenvalue weighted by atomic mass is 14.7. The summed E-state index contributed by atoms with van der Waals surface area (Å²) >= 11 is 0. The number of allylic oxidation sites excluding steroid dienone is 1. The Morgan fingerprint density at radius 3 is 2.85 bits per heavy atom. The van der Waals surface area contributed by atoms with Crippen LogP contribution in [0, 0.1) is 6.92 Å². The fourth-order valence-electron chi connectivity index (χ4n) is 3.69. The van der Waals surface area contributed by atoms with Gasteiger partial charge in [-0.3, -0.25) is 4.98 Å². The van der Waals surface area contributed by atoms with Gasteiger partial charge in [-0.25, -0.2) is 0 Å². The van der Waals surface area contributed by atoms with Gasteiger partial charge in [0, 0.05) is 22.4 Å². The Kier molecular flexibility index (Phi) is 1.75. The van der Waals surface area contributed by atoms with E-state index in [1.54, 1.807) is 0 Å². The topological polar surface area (TPSA) is 12.9 Å². The molecule has 0 radical (unpaired) electrons. The Bertz CT molecular complexity index is 1020. The molecule has 0 saturated heterocycles. The zero-order valence-corrected chi connectivity index (χ0v) is 11.3. The zero-order valence-electron chi connectivity index (χ0n) is 11.3. The van der Waals surface area contributed by atoms with Gasteiger partial charge in [0.2, 0.25) is 0 Å². The normalized spacial score (nSPS) is 13.8. The highest BCUT2D eigenvalue weighted by Gasteiger charge is 2.17. The smallest absolute Gasteiger partial charge is 0.0717 e. The van der Waals surface area contributed by atoms with Crippen LogP contribution in [-0.4, -0.2) is 4.98 Å². The molecule has 1 nitrogen and oxygen atoms in total. The van der Waals surface area contributed by atoms with Crippen molar-refractivity contribution in [1.82, 2.24) is 4.98 Å². The standard InChI is InChI=1S/C19H13N/c1-11-8-16-19-17-12(4-2-6-14(17)10-20-16)9-13-5-3-7-15(11)18(13)19/h2-4,6-10H,5H2,1H3. The molecule has 5 rings (SSSR count). The van der Waals surface area contributed by atoms with Crippen molar-refractivity contribution in [2.45, 2.75) is 13.3 Å². The summed E-state index contributed by atoms with van der Waals surface area (Å²) in [5, 5.41) is 6.71. The van der Waals surface area contributed by atoms with Gasteiger partial charge in [-0.2, -0.15) is 0 Å². The number of hydrogen-bond donors (Lipinski definition) is 0. The summed E-state index contributed by atoms with van der Waals surface area (Å²) in [5.74, 6) is 0. The number of benzene rings is 3. The molecule has 3 aromatic carbocycles. The summed E-state index contributed by atoms with van der Waals surface area (Å²) in [6.07, 6.45) is 7.57. The number of pyridine rings is 1. The van der Waals surface area contributed by atoms with Crippen molar-refractivity contribution in [3.63, 3.8) is 0 Å². The lowest BCUT2D eigenvalue weighted by molar-refractivity contribution is 1.29. The summed E-state index contributed by atoms with van der Waals surface area (Å²) in [4.78, 5) is 4.69. The molecule has 0 bridgehead atoms. The number of hydrogen-bond acceptors (Lipinski definition) is 1.